The Morgan fingerprint density at radius 1 is 0.952 bits per heavy atom. The summed E-state index contributed by atoms with van der Waals surface area (Å²) in [7, 11) is 2.83. The maximum Gasteiger partial charge on any atom is 0.345 e. The molecule has 2 aromatic rings. The molecule has 1 heterocycles. The summed E-state index contributed by atoms with van der Waals surface area (Å²) >= 11 is 0. The van der Waals surface area contributed by atoms with Crippen molar-refractivity contribution in [2.45, 2.75) is 0 Å². The molecular weight excluding hydrogens is 274 g/mol. The molecule has 1 aromatic carbocycles. The summed E-state index contributed by atoms with van der Waals surface area (Å²) in [5.41, 5.74) is 0.405. The number of hydrogen-bond acceptors (Lipinski definition) is 5. The zero-order valence-electron chi connectivity index (χ0n) is 11.5. The molecule has 0 atom stereocenters. The van der Waals surface area contributed by atoms with Crippen molar-refractivity contribution in [2.24, 2.45) is 7.05 Å². The van der Waals surface area contributed by atoms with Gasteiger partial charge in [0.25, 0.3) is 0 Å². The lowest BCUT2D eigenvalue weighted by molar-refractivity contribution is 0.0600. The Bertz CT molecular complexity index is 730. The zero-order valence-corrected chi connectivity index (χ0v) is 11.5. The minimum atomic E-state index is -0.587. The molecule has 0 unspecified atom stereocenters. The van der Waals surface area contributed by atoms with E-state index >= 15 is 0 Å². The highest BCUT2D eigenvalue weighted by Gasteiger charge is 2.11. The predicted octanol–water partition coefficient (Wildman–Crippen LogP) is 1.39. The van der Waals surface area contributed by atoms with Crippen LogP contribution in [0.5, 0.6) is 5.75 Å². The van der Waals surface area contributed by atoms with E-state index in [1.165, 1.54) is 54.3 Å². The Morgan fingerprint density at radius 3 is 2.14 bits per heavy atom. The van der Waals surface area contributed by atoms with E-state index in [1.807, 2.05) is 0 Å². The van der Waals surface area contributed by atoms with Gasteiger partial charge >= 0.3 is 11.9 Å². The number of nitrogens with zero attached hydrogens (tertiary/aromatic N) is 1. The predicted molar refractivity (Wildman–Crippen MR) is 74.4 cm³/mol. The summed E-state index contributed by atoms with van der Waals surface area (Å²) in [5.74, 6) is -0.760. The van der Waals surface area contributed by atoms with Crippen LogP contribution in [-0.2, 0) is 11.8 Å². The fourth-order valence-electron chi connectivity index (χ4n) is 1.66. The van der Waals surface area contributed by atoms with E-state index in [0.29, 0.717) is 11.3 Å². The van der Waals surface area contributed by atoms with Crippen molar-refractivity contribution < 1.29 is 19.1 Å². The molecular formula is C15H13NO5. The van der Waals surface area contributed by atoms with Gasteiger partial charge in [0.15, 0.2) is 0 Å². The van der Waals surface area contributed by atoms with Gasteiger partial charge in [-0.15, -0.1) is 0 Å². The Labute approximate surface area is 120 Å². The van der Waals surface area contributed by atoms with Gasteiger partial charge < -0.3 is 14.0 Å². The molecule has 6 heteroatoms. The quantitative estimate of drug-likeness (QED) is 0.630. The average molecular weight is 287 g/mol. The molecule has 0 aliphatic rings. The second-order valence-corrected chi connectivity index (χ2v) is 4.27. The summed E-state index contributed by atoms with van der Waals surface area (Å²) in [5, 5.41) is 0. The molecule has 6 nitrogen and oxygen atoms in total. The van der Waals surface area contributed by atoms with Gasteiger partial charge in [-0.25, -0.2) is 9.59 Å². The van der Waals surface area contributed by atoms with Crippen molar-refractivity contribution in [3.05, 3.63) is 64.1 Å². The highest BCUT2D eigenvalue weighted by molar-refractivity contribution is 5.91. The van der Waals surface area contributed by atoms with Crippen molar-refractivity contribution in [3.63, 3.8) is 0 Å². The van der Waals surface area contributed by atoms with Crippen LogP contribution in [0.1, 0.15) is 20.7 Å². The normalized spacial score (nSPS) is 10.0. The summed E-state index contributed by atoms with van der Waals surface area (Å²) in [6.45, 7) is 0. The topological polar surface area (TPSA) is 74.6 Å². The van der Waals surface area contributed by atoms with E-state index < -0.39 is 11.9 Å². The number of benzene rings is 1. The number of aromatic nitrogens is 1. The molecule has 0 aliphatic carbocycles. The van der Waals surface area contributed by atoms with E-state index in [0.717, 1.165) is 0 Å². The van der Waals surface area contributed by atoms with E-state index in [4.69, 9.17) is 4.74 Å². The summed E-state index contributed by atoms with van der Waals surface area (Å²) in [4.78, 5) is 34.4. The number of hydrogen-bond donors (Lipinski definition) is 0. The molecule has 0 N–H and O–H groups in total. The maximum absolute atomic E-state index is 11.9. The molecule has 0 saturated carbocycles. The number of rotatable bonds is 3. The van der Waals surface area contributed by atoms with Crippen LogP contribution in [0.2, 0.25) is 0 Å². The van der Waals surface area contributed by atoms with Crippen molar-refractivity contribution >= 4 is 11.9 Å². The van der Waals surface area contributed by atoms with Gasteiger partial charge in [0.05, 0.1) is 18.2 Å². The number of pyridine rings is 1. The minimum absolute atomic E-state index is 0.214. The second-order valence-electron chi connectivity index (χ2n) is 4.27. The minimum Gasteiger partial charge on any atom is -0.465 e. The smallest absolute Gasteiger partial charge is 0.345 e. The molecule has 0 bridgehead atoms. The van der Waals surface area contributed by atoms with Gasteiger partial charge in [-0.1, -0.05) is 0 Å². The van der Waals surface area contributed by atoms with Gasteiger partial charge in [-0.3, -0.25) is 4.79 Å². The molecule has 21 heavy (non-hydrogen) atoms. The van der Waals surface area contributed by atoms with E-state index in [-0.39, 0.29) is 11.1 Å². The third-order valence-electron chi connectivity index (χ3n) is 2.81. The Balaban J connectivity index is 2.14. The third kappa shape index (κ3) is 3.36. The monoisotopic (exact) mass is 287 g/mol. The van der Waals surface area contributed by atoms with Crippen LogP contribution in [-0.4, -0.2) is 23.6 Å². The SMILES string of the molecule is COC(=O)c1ccc(OC(=O)c2ccc(=O)n(C)c2)cc1. The van der Waals surface area contributed by atoms with Crippen LogP contribution in [0, 0.1) is 0 Å². The zero-order chi connectivity index (χ0) is 15.4. The first kappa shape index (κ1) is 14.5. The first-order valence-electron chi connectivity index (χ1n) is 6.08. The molecule has 108 valence electrons. The number of carbonyl (C=O) groups is 2. The first-order chi connectivity index (χ1) is 10.0. The first-order valence-corrected chi connectivity index (χ1v) is 6.08. The lowest BCUT2D eigenvalue weighted by Crippen LogP contribution is -2.18. The number of esters is 2. The lowest BCUT2D eigenvalue weighted by Gasteiger charge is -2.06. The molecule has 0 saturated heterocycles. The van der Waals surface area contributed by atoms with Crippen molar-refractivity contribution in [2.75, 3.05) is 7.11 Å². The van der Waals surface area contributed by atoms with Gasteiger partial charge in [0.2, 0.25) is 5.56 Å². The number of carbonyl (C=O) groups excluding carboxylic acids is 2. The Hall–Kier alpha value is -2.89. The van der Waals surface area contributed by atoms with Crippen molar-refractivity contribution in [1.29, 1.82) is 0 Å². The number of methoxy groups -OCH3 is 1. The van der Waals surface area contributed by atoms with E-state index in [1.54, 1.807) is 7.05 Å². The van der Waals surface area contributed by atoms with E-state index in [2.05, 4.69) is 4.74 Å². The highest BCUT2D eigenvalue weighted by atomic mass is 16.5. The lowest BCUT2D eigenvalue weighted by atomic mass is 10.2. The van der Waals surface area contributed by atoms with Gasteiger partial charge in [0, 0.05) is 19.3 Å². The molecule has 2 rings (SSSR count). The standard InChI is InChI=1S/C15H13NO5/c1-16-9-11(5-8-13(16)17)15(19)21-12-6-3-10(4-7-12)14(18)20-2/h3-9H,1-2H3. The van der Waals surface area contributed by atoms with Crippen LogP contribution < -0.4 is 10.3 Å². The summed E-state index contributed by atoms with van der Waals surface area (Å²) in [6.07, 6.45) is 1.40. The van der Waals surface area contributed by atoms with Gasteiger partial charge in [-0.05, 0) is 30.3 Å². The molecule has 0 amide bonds. The van der Waals surface area contributed by atoms with Gasteiger partial charge in [0.1, 0.15) is 5.75 Å². The Morgan fingerprint density at radius 2 is 1.57 bits per heavy atom. The van der Waals surface area contributed by atoms with Crippen LogP contribution in [0.25, 0.3) is 0 Å². The third-order valence-corrected chi connectivity index (χ3v) is 2.81. The van der Waals surface area contributed by atoms with Crippen LogP contribution in [0.15, 0.2) is 47.4 Å². The van der Waals surface area contributed by atoms with E-state index in [9.17, 15) is 14.4 Å². The molecule has 0 fully saturated rings. The van der Waals surface area contributed by atoms with Crippen molar-refractivity contribution in [1.82, 2.24) is 4.57 Å². The van der Waals surface area contributed by atoms with Crippen LogP contribution >= 0.6 is 0 Å². The fourth-order valence-corrected chi connectivity index (χ4v) is 1.66. The molecule has 0 aliphatic heterocycles. The van der Waals surface area contributed by atoms with Crippen LogP contribution in [0.3, 0.4) is 0 Å². The highest BCUT2D eigenvalue weighted by Crippen LogP contribution is 2.14. The fraction of sp³-hybridized carbons (Fsp3) is 0.133. The van der Waals surface area contributed by atoms with Crippen LogP contribution in [0.4, 0.5) is 0 Å². The Kier molecular flexibility index (Phi) is 4.18. The summed E-state index contributed by atoms with van der Waals surface area (Å²) in [6, 6.07) is 8.66. The number of ether oxygens (including phenoxy) is 2. The average Bonchev–Trinajstić information content (AvgIpc) is 2.50. The van der Waals surface area contributed by atoms with Crippen molar-refractivity contribution in [3.8, 4) is 5.75 Å². The largest absolute Gasteiger partial charge is 0.465 e. The second kappa shape index (κ2) is 6.04. The number of aryl methyl sites for hydroxylation is 1. The molecule has 1 aromatic heterocycles. The summed E-state index contributed by atoms with van der Waals surface area (Å²) < 4.78 is 11.0. The molecule has 0 radical (unpaired) electrons. The maximum atomic E-state index is 11.9. The van der Waals surface area contributed by atoms with Gasteiger partial charge in [-0.2, -0.15) is 0 Å². The molecule has 0 spiro atoms.